The molecule has 3 amide bonds. The van der Waals surface area contributed by atoms with Crippen LogP contribution in [0.2, 0.25) is 0 Å². The summed E-state index contributed by atoms with van der Waals surface area (Å²) >= 11 is 0. The van der Waals surface area contributed by atoms with Crippen molar-refractivity contribution in [2.24, 2.45) is 0 Å². The van der Waals surface area contributed by atoms with Crippen LogP contribution >= 0.6 is 0 Å². The molecule has 9 heteroatoms. The minimum Gasteiger partial charge on any atom is -0.490 e. The normalized spacial score (nSPS) is 10.1. The summed E-state index contributed by atoms with van der Waals surface area (Å²) in [7, 11) is 0. The number of urea groups is 1. The van der Waals surface area contributed by atoms with Crippen molar-refractivity contribution in [2.45, 2.75) is 27.3 Å². The number of hydrogen-bond donors (Lipinski definition) is 2. The third-order valence-corrected chi connectivity index (χ3v) is 4.03. The summed E-state index contributed by atoms with van der Waals surface area (Å²) in [6.07, 6.45) is 0. The first-order valence-electron chi connectivity index (χ1n) is 10.3. The van der Waals surface area contributed by atoms with Crippen LogP contribution in [-0.4, -0.2) is 44.3 Å². The first-order chi connectivity index (χ1) is 15.5. The van der Waals surface area contributed by atoms with Gasteiger partial charge in [0.05, 0.1) is 25.4 Å². The third kappa shape index (κ3) is 7.50. The molecule has 2 aromatic carbocycles. The second-order valence-electron chi connectivity index (χ2n) is 6.39. The first-order valence-corrected chi connectivity index (χ1v) is 10.3. The number of hydrogen-bond acceptors (Lipinski definition) is 7. The molecule has 0 aliphatic rings. The van der Waals surface area contributed by atoms with Gasteiger partial charge < -0.3 is 24.3 Å². The lowest BCUT2D eigenvalue weighted by Gasteiger charge is -2.16. The second kappa shape index (κ2) is 12.8. The minimum absolute atomic E-state index is 0.127. The van der Waals surface area contributed by atoms with Crippen LogP contribution in [0.25, 0.3) is 0 Å². The lowest BCUT2D eigenvalue weighted by atomic mass is 10.2. The molecular formula is C23H28N2O7. The van der Waals surface area contributed by atoms with Crippen molar-refractivity contribution < 1.29 is 33.3 Å². The Morgan fingerprint density at radius 3 is 2.00 bits per heavy atom. The van der Waals surface area contributed by atoms with E-state index >= 15 is 0 Å². The molecule has 0 heterocycles. The topological polar surface area (TPSA) is 112 Å². The summed E-state index contributed by atoms with van der Waals surface area (Å²) in [4.78, 5) is 36.3. The van der Waals surface area contributed by atoms with Gasteiger partial charge in [-0.15, -0.1) is 0 Å². The third-order valence-electron chi connectivity index (χ3n) is 4.03. The highest BCUT2D eigenvalue weighted by molar-refractivity contribution is 5.97. The number of rotatable bonds is 11. The Labute approximate surface area is 187 Å². The molecule has 0 aliphatic carbocycles. The largest absolute Gasteiger partial charge is 0.490 e. The van der Waals surface area contributed by atoms with Crippen LogP contribution in [-0.2, 0) is 16.1 Å². The van der Waals surface area contributed by atoms with Gasteiger partial charge in [0.25, 0.3) is 5.91 Å². The van der Waals surface area contributed by atoms with E-state index in [9.17, 15) is 14.4 Å². The van der Waals surface area contributed by atoms with Crippen molar-refractivity contribution in [2.75, 3.05) is 26.4 Å². The lowest BCUT2D eigenvalue weighted by molar-refractivity contribution is -0.123. The molecule has 0 fully saturated rings. The first kappa shape index (κ1) is 24.5. The van der Waals surface area contributed by atoms with Crippen molar-refractivity contribution in [3.05, 3.63) is 53.6 Å². The van der Waals surface area contributed by atoms with Gasteiger partial charge in [0.2, 0.25) is 5.75 Å². The molecule has 0 radical (unpaired) electrons. The maximum Gasteiger partial charge on any atom is 0.338 e. The van der Waals surface area contributed by atoms with Gasteiger partial charge in [0, 0.05) is 6.54 Å². The van der Waals surface area contributed by atoms with Gasteiger partial charge in [-0.3, -0.25) is 10.1 Å². The maximum absolute atomic E-state index is 12.5. The predicted octanol–water partition coefficient (Wildman–Crippen LogP) is 3.07. The zero-order valence-electron chi connectivity index (χ0n) is 18.4. The van der Waals surface area contributed by atoms with Gasteiger partial charge in [-0.1, -0.05) is 30.3 Å². The predicted molar refractivity (Wildman–Crippen MR) is 117 cm³/mol. The van der Waals surface area contributed by atoms with E-state index in [4.69, 9.17) is 18.9 Å². The van der Waals surface area contributed by atoms with Crippen LogP contribution < -0.4 is 24.8 Å². The van der Waals surface area contributed by atoms with Gasteiger partial charge in [-0.25, -0.2) is 9.59 Å². The average Bonchev–Trinajstić information content (AvgIpc) is 2.79. The van der Waals surface area contributed by atoms with Crippen molar-refractivity contribution in [1.82, 2.24) is 10.6 Å². The molecule has 2 N–H and O–H groups in total. The molecule has 9 nitrogen and oxygen atoms in total. The summed E-state index contributed by atoms with van der Waals surface area (Å²) < 4.78 is 21.8. The van der Waals surface area contributed by atoms with Crippen molar-refractivity contribution >= 4 is 17.9 Å². The van der Waals surface area contributed by atoms with Crippen LogP contribution in [0.5, 0.6) is 17.2 Å². The molecule has 32 heavy (non-hydrogen) atoms. The van der Waals surface area contributed by atoms with Crippen LogP contribution in [0.3, 0.4) is 0 Å². The molecule has 2 rings (SSSR count). The molecule has 0 unspecified atom stereocenters. The molecule has 0 aliphatic heterocycles. The summed E-state index contributed by atoms with van der Waals surface area (Å²) in [5.74, 6) is -0.478. The molecule has 0 aromatic heterocycles. The summed E-state index contributed by atoms with van der Waals surface area (Å²) in [5.41, 5.74) is 1.01. The van der Waals surface area contributed by atoms with Gasteiger partial charge >= 0.3 is 12.0 Å². The number of amides is 3. The van der Waals surface area contributed by atoms with E-state index in [0.717, 1.165) is 5.56 Å². The average molecular weight is 444 g/mol. The standard InChI is InChI=1S/C23H28N2O7/c1-4-29-18-12-17(13-19(30-5-2)21(18)31-6-3)22(27)32-15-20(26)25-23(28)24-14-16-10-8-7-9-11-16/h7-13H,4-6,14-15H2,1-3H3,(H2,24,25,26,28). The quantitative estimate of drug-likeness (QED) is 0.512. The monoisotopic (exact) mass is 444 g/mol. The molecule has 2 aromatic rings. The van der Waals surface area contributed by atoms with Crippen molar-refractivity contribution in [1.29, 1.82) is 0 Å². The van der Waals surface area contributed by atoms with E-state index in [-0.39, 0.29) is 12.1 Å². The highest BCUT2D eigenvalue weighted by atomic mass is 16.5. The Kier molecular flexibility index (Phi) is 9.83. The van der Waals surface area contributed by atoms with Crippen LogP contribution in [0.4, 0.5) is 4.79 Å². The van der Waals surface area contributed by atoms with Crippen LogP contribution in [0, 0.1) is 0 Å². The highest BCUT2D eigenvalue weighted by Crippen LogP contribution is 2.39. The van der Waals surface area contributed by atoms with Gasteiger partial charge in [0.15, 0.2) is 18.1 Å². The van der Waals surface area contributed by atoms with Crippen LogP contribution in [0.15, 0.2) is 42.5 Å². The van der Waals surface area contributed by atoms with Gasteiger partial charge in [0.1, 0.15) is 0 Å². The number of carbonyl (C=O) groups is 3. The number of imide groups is 1. The molecular weight excluding hydrogens is 416 g/mol. The van der Waals surface area contributed by atoms with E-state index < -0.39 is 24.5 Å². The number of esters is 1. The van der Waals surface area contributed by atoms with Crippen molar-refractivity contribution in [3.8, 4) is 17.2 Å². The Bertz CT molecular complexity index is 889. The summed E-state index contributed by atoms with van der Waals surface area (Å²) in [5, 5.41) is 4.66. The number of carbonyl (C=O) groups excluding carboxylic acids is 3. The SMILES string of the molecule is CCOc1cc(C(=O)OCC(=O)NC(=O)NCc2ccccc2)cc(OCC)c1OCC. The zero-order valence-corrected chi connectivity index (χ0v) is 18.4. The Morgan fingerprint density at radius 1 is 0.844 bits per heavy atom. The smallest absolute Gasteiger partial charge is 0.338 e. The number of benzene rings is 2. The van der Waals surface area contributed by atoms with E-state index in [2.05, 4.69) is 10.6 Å². The molecule has 0 spiro atoms. The summed E-state index contributed by atoms with van der Waals surface area (Å²) in [6, 6.07) is 11.5. The Balaban J connectivity index is 1.95. The molecule has 172 valence electrons. The van der Waals surface area contributed by atoms with E-state index in [1.807, 2.05) is 37.3 Å². The molecule has 0 saturated carbocycles. The molecule has 0 atom stereocenters. The van der Waals surface area contributed by atoms with E-state index in [1.165, 1.54) is 12.1 Å². The molecule has 0 bridgehead atoms. The Hall–Kier alpha value is -3.75. The molecule has 0 saturated heterocycles. The fourth-order valence-corrected chi connectivity index (χ4v) is 2.71. The van der Waals surface area contributed by atoms with Crippen molar-refractivity contribution in [3.63, 3.8) is 0 Å². The minimum atomic E-state index is -0.769. The van der Waals surface area contributed by atoms with E-state index in [0.29, 0.717) is 37.1 Å². The number of ether oxygens (including phenoxy) is 4. The van der Waals surface area contributed by atoms with Gasteiger partial charge in [-0.2, -0.15) is 0 Å². The fraction of sp³-hybridized carbons (Fsp3) is 0.348. The van der Waals surface area contributed by atoms with Gasteiger partial charge in [-0.05, 0) is 38.5 Å². The lowest BCUT2D eigenvalue weighted by Crippen LogP contribution is -2.41. The van der Waals surface area contributed by atoms with Crippen LogP contribution in [0.1, 0.15) is 36.7 Å². The summed E-state index contributed by atoms with van der Waals surface area (Å²) in [6.45, 7) is 6.14. The zero-order chi connectivity index (χ0) is 23.3. The highest BCUT2D eigenvalue weighted by Gasteiger charge is 2.20. The second-order valence-corrected chi connectivity index (χ2v) is 6.39. The maximum atomic E-state index is 12.5. The number of nitrogens with one attached hydrogen (secondary N) is 2. The van der Waals surface area contributed by atoms with E-state index in [1.54, 1.807) is 13.8 Å². The Morgan fingerprint density at radius 2 is 1.44 bits per heavy atom. The fourth-order valence-electron chi connectivity index (χ4n) is 2.71.